The summed E-state index contributed by atoms with van der Waals surface area (Å²) in [6, 6.07) is 10.0. The van der Waals surface area contributed by atoms with Gasteiger partial charge in [0.25, 0.3) is 0 Å². The summed E-state index contributed by atoms with van der Waals surface area (Å²) in [5.41, 5.74) is 7.86. The summed E-state index contributed by atoms with van der Waals surface area (Å²) < 4.78 is 0. The molecule has 1 aromatic heterocycles. The summed E-state index contributed by atoms with van der Waals surface area (Å²) in [4.78, 5) is 8.38. The molecule has 1 aromatic carbocycles. The van der Waals surface area contributed by atoms with Gasteiger partial charge in [-0.1, -0.05) is 25.1 Å². The van der Waals surface area contributed by atoms with E-state index in [9.17, 15) is 0 Å². The highest BCUT2D eigenvalue weighted by Crippen LogP contribution is 2.19. The Bertz CT molecular complexity index is 496. The minimum absolute atomic E-state index is 0.352. The van der Waals surface area contributed by atoms with Gasteiger partial charge in [0.2, 0.25) is 0 Å². The lowest BCUT2D eigenvalue weighted by molar-refractivity contribution is 0.911. The number of rotatable bonds is 4. The number of nitrogens with zero attached hydrogens (tertiary/aromatic N) is 2. The second-order valence-corrected chi connectivity index (χ2v) is 3.70. The molecule has 3 N–H and O–H groups in total. The van der Waals surface area contributed by atoms with E-state index in [1.54, 1.807) is 6.20 Å². The highest BCUT2D eigenvalue weighted by atomic mass is 15.0. The third kappa shape index (κ3) is 2.79. The van der Waals surface area contributed by atoms with Gasteiger partial charge >= 0.3 is 0 Å². The Kier molecular flexibility index (Phi) is 3.67. The second kappa shape index (κ2) is 5.41. The number of para-hydroxylation sites is 1. The van der Waals surface area contributed by atoms with E-state index in [0.29, 0.717) is 12.4 Å². The normalized spacial score (nSPS) is 10.2. The molecule has 4 nitrogen and oxygen atoms in total. The van der Waals surface area contributed by atoms with Crippen molar-refractivity contribution >= 4 is 11.5 Å². The molecule has 0 fully saturated rings. The van der Waals surface area contributed by atoms with Crippen LogP contribution in [0.4, 0.5) is 11.5 Å². The summed E-state index contributed by atoms with van der Waals surface area (Å²) in [5.74, 6) is 1.42. The van der Waals surface area contributed by atoms with Gasteiger partial charge in [-0.2, -0.15) is 0 Å². The topological polar surface area (TPSA) is 63.8 Å². The predicted molar refractivity (Wildman–Crippen MR) is 69.0 cm³/mol. The van der Waals surface area contributed by atoms with Gasteiger partial charge in [-0.3, -0.25) is 0 Å². The van der Waals surface area contributed by atoms with Crippen molar-refractivity contribution in [2.24, 2.45) is 5.73 Å². The first-order valence-electron chi connectivity index (χ1n) is 5.70. The van der Waals surface area contributed by atoms with Crippen LogP contribution in [0.5, 0.6) is 0 Å². The van der Waals surface area contributed by atoms with Crippen molar-refractivity contribution in [1.82, 2.24) is 9.97 Å². The number of nitrogens with two attached hydrogens (primary N) is 1. The third-order valence-electron chi connectivity index (χ3n) is 2.55. The number of hydrogen-bond donors (Lipinski definition) is 2. The van der Waals surface area contributed by atoms with Gasteiger partial charge in [0.05, 0.1) is 6.54 Å². The zero-order valence-electron chi connectivity index (χ0n) is 9.85. The van der Waals surface area contributed by atoms with Crippen molar-refractivity contribution < 1.29 is 0 Å². The Balaban J connectivity index is 2.24. The fourth-order valence-corrected chi connectivity index (χ4v) is 1.66. The molecule has 2 rings (SSSR count). The Morgan fingerprint density at radius 2 is 2.06 bits per heavy atom. The van der Waals surface area contributed by atoms with Crippen molar-refractivity contribution in [1.29, 1.82) is 0 Å². The van der Waals surface area contributed by atoms with Crippen LogP contribution in [0.1, 0.15) is 18.3 Å². The van der Waals surface area contributed by atoms with Crippen molar-refractivity contribution in [3.05, 3.63) is 47.9 Å². The first kappa shape index (κ1) is 11.5. The molecule has 0 unspecified atom stereocenters. The SMILES string of the molecule is CCc1ccccc1Nc1ccnc(CN)n1. The lowest BCUT2D eigenvalue weighted by atomic mass is 10.1. The third-order valence-corrected chi connectivity index (χ3v) is 2.55. The molecule has 0 saturated heterocycles. The van der Waals surface area contributed by atoms with Crippen molar-refractivity contribution in [3.63, 3.8) is 0 Å². The summed E-state index contributed by atoms with van der Waals surface area (Å²) in [7, 11) is 0. The maximum Gasteiger partial charge on any atom is 0.144 e. The van der Waals surface area contributed by atoms with E-state index in [1.165, 1.54) is 5.56 Å². The van der Waals surface area contributed by atoms with Crippen LogP contribution in [-0.2, 0) is 13.0 Å². The molecule has 2 aromatic rings. The molecule has 0 atom stereocenters. The van der Waals surface area contributed by atoms with Gasteiger partial charge in [0, 0.05) is 11.9 Å². The van der Waals surface area contributed by atoms with Crippen LogP contribution < -0.4 is 11.1 Å². The van der Waals surface area contributed by atoms with E-state index in [1.807, 2.05) is 24.3 Å². The maximum atomic E-state index is 5.52. The fourth-order valence-electron chi connectivity index (χ4n) is 1.66. The summed E-state index contributed by atoms with van der Waals surface area (Å²) in [6.45, 7) is 2.48. The van der Waals surface area contributed by atoms with Crippen LogP contribution in [0, 0.1) is 0 Å². The number of hydrogen-bond acceptors (Lipinski definition) is 4. The van der Waals surface area contributed by atoms with Gasteiger partial charge < -0.3 is 11.1 Å². The second-order valence-electron chi connectivity index (χ2n) is 3.70. The number of nitrogens with one attached hydrogen (secondary N) is 1. The number of anilines is 2. The van der Waals surface area contributed by atoms with Crippen LogP contribution in [0.25, 0.3) is 0 Å². The molecule has 0 saturated carbocycles. The zero-order chi connectivity index (χ0) is 12.1. The van der Waals surface area contributed by atoms with Gasteiger partial charge in [-0.15, -0.1) is 0 Å². The molecular formula is C13H16N4. The van der Waals surface area contributed by atoms with Crippen LogP contribution in [0.15, 0.2) is 36.5 Å². The summed E-state index contributed by atoms with van der Waals surface area (Å²) in [6.07, 6.45) is 2.70. The van der Waals surface area contributed by atoms with Gasteiger partial charge in [-0.05, 0) is 24.1 Å². The molecule has 0 aliphatic rings. The first-order chi connectivity index (χ1) is 8.33. The number of aryl methyl sites for hydroxylation is 1. The van der Waals surface area contributed by atoms with Crippen LogP contribution in [0.2, 0.25) is 0 Å². The van der Waals surface area contributed by atoms with E-state index in [2.05, 4.69) is 28.3 Å². The fraction of sp³-hybridized carbons (Fsp3) is 0.231. The molecule has 0 bridgehead atoms. The molecular weight excluding hydrogens is 212 g/mol. The van der Waals surface area contributed by atoms with E-state index < -0.39 is 0 Å². The largest absolute Gasteiger partial charge is 0.340 e. The van der Waals surface area contributed by atoms with Crippen LogP contribution >= 0.6 is 0 Å². The van der Waals surface area contributed by atoms with E-state index in [0.717, 1.165) is 17.9 Å². The lowest BCUT2D eigenvalue weighted by Gasteiger charge is -2.10. The minimum atomic E-state index is 0.352. The van der Waals surface area contributed by atoms with Crippen molar-refractivity contribution in [2.75, 3.05) is 5.32 Å². The van der Waals surface area contributed by atoms with Crippen molar-refractivity contribution in [2.45, 2.75) is 19.9 Å². The average molecular weight is 228 g/mol. The Hall–Kier alpha value is -1.94. The molecule has 0 aliphatic carbocycles. The molecule has 0 radical (unpaired) electrons. The minimum Gasteiger partial charge on any atom is -0.340 e. The van der Waals surface area contributed by atoms with Crippen LogP contribution in [-0.4, -0.2) is 9.97 Å². The highest BCUT2D eigenvalue weighted by molar-refractivity contribution is 5.60. The molecule has 0 amide bonds. The van der Waals surface area contributed by atoms with Gasteiger partial charge in [0.15, 0.2) is 0 Å². The molecule has 0 aliphatic heterocycles. The van der Waals surface area contributed by atoms with E-state index in [4.69, 9.17) is 5.73 Å². The first-order valence-corrected chi connectivity index (χ1v) is 5.70. The number of aromatic nitrogens is 2. The van der Waals surface area contributed by atoms with Crippen LogP contribution in [0.3, 0.4) is 0 Å². The molecule has 0 spiro atoms. The number of benzene rings is 1. The predicted octanol–water partition coefficient (Wildman–Crippen LogP) is 2.24. The van der Waals surface area contributed by atoms with Gasteiger partial charge in [-0.25, -0.2) is 9.97 Å². The monoisotopic (exact) mass is 228 g/mol. The zero-order valence-corrected chi connectivity index (χ0v) is 9.85. The van der Waals surface area contributed by atoms with E-state index in [-0.39, 0.29) is 0 Å². The molecule has 17 heavy (non-hydrogen) atoms. The average Bonchev–Trinajstić information content (AvgIpc) is 2.39. The lowest BCUT2D eigenvalue weighted by Crippen LogP contribution is -2.05. The van der Waals surface area contributed by atoms with Crippen molar-refractivity contribution in [3.8, 4) is 0 Å². The molecule has 4 heteroatoms. The summed E-state index contributed by atoms with van der Waals surface area (Å²) >= 11 is 0. The maximum absolute atomic E-state index is 5.52. The highest BCUT2D eigenvalue weighted by Gasteiger charge is 2.01. The standard InChI is InChI=1S/C13H16N4/c1-2-10-5-3-4-6-11(10)16-12-7-8-15-13(9-14)17-12/h3-8H,2,9,14H2,1H3,(H,15,16,17). The summed E-state index contributed by atoms with van der Waals surface area (Å²) in [5, 5.41) is 3.29. The Morgan fingerprint density at radius 3 is 2.82 bits per heavy atom. The Labute approximate surface area is 101 Å². The molecule has 1 heterocycles. The quantitative estimate of drug-likeness (QED) is 0.842. The van der Waals surface area contributed by atoms with Gasteiger partial charge in [0.1, 0.15) is 11.6 Å². The smallest absolute Gasteiger partial charge is 0.144 e. The Morgan fingerprint density at radius 1 is 1.24 bits per heavy atom. The molecule has 88 valence electrons. The van der Waals surface area contributed by atoms with E-state index >= 15 is 0 Å².